The molecule has 0 aliphatic heterocycles. The summed E-state index contributed by atoms with van der Waals surface area (Å²) in [6, 6.07) is 8.19. The Morgan fingerprint density at radius 1 is 0.970 bits per heavy atom. The van der Waals surface area contributed by atoms with E-state index in [1.54, 1.807) is 0 Å². The topological polar surface area (TPSA) is 172 Å². The van der Waals surface area contributed by atoms with Crippen LogP contribution in [-0.2, 0) is 35.3 Å². The van der Waals surface area contributed by atoms with Gasteiger partial charge in [-0.2, -0.15) is 0 Å². The van der Waals surface area contributed by atoms with Gasteiger partial charge in [-0.1, -0.05) is 30.3 Å². The average molecular weight is 467 g/mol. The van der Waals surface area contributed by atoms with Gasteiger partial charge >= 0.3 is 24.0 Å². The molecule has 12 heteroatoms. The molecule has 182 valence electrons. The highest BCUT2D eigenvalue weighted by molar-refractivity contribution is 5.86. The third-order valence-electron chi connectivity index (χ3n) is 4.31. The number of carbonyl (C=O) groups is 5. The van der Waals surface area contributed by atoms with Crippen LogP contribution in [0, 0.1) is 0 Å². The lowest BCUT2D eigenvalue weighted by molar-refractivity contribution is -0.147. The first kappa shape index (κ1) is 27.4. The number of carboxylic acids is 2. The number of hydrogen-bond acceptors (Lipinski definition) is 8. The standard InChI is InChI=1S/C21H29N3O9/c1-32-20(30)16(23-17(25)11-24(12-18(26)27)13-19(28)29)9-5-6-10-22-21(31)33-14-15-7-3-2-4-8-15/h2-4,7-8,16H,5-6,9-14H2,1H3,(H,22,31)(H,23,25)(H,26,27)(H,28,29)/t16-/m0/s1. The van der Waals surface area contributed by atoms with Crippen molar-refractivity contribution in [3.63, 3.8) is 0 Å². The molecule has 1 rings (SSSR count). The maximum absolute atomic E-state index is 12.2. The molecule has 4 N–H and O–H groups in total. The number of rotatable bonds is 15. The normalized spacial score (nSPS) is 11.3. The Balaban J connectivity index is 2.39. The summed E-state index contributed by atoms with van der Waals surface area (Å²) >= 11 is 0. The van der Waals surface area contributed by atoms with Gasteiger partial charge in [0.1, 0.15) is 12.6 Å². The zero-order chi connectivity index (χ0) is 24.6. The molecule has 0 radical (unpaired) electrons. The first-order valence-electron chi connectivity index (χ1n) is 10.2. The van der Waals surface area contributed by atoms with Crippen molar-refractivity contribution < 1.29 is 43.7 Å². The van der Waals surface area contributed by atoms with Crippen LogP contribution in [0.2, 0.25) is 0 Å². The van der Waals surface area contributed by atoms with E-state index in [4.69, 9.17) is 14.9 Å². The third kappa shape index (κ3) is 12.7. The van der Waals surface area contributed by atoms with Crippen LogP contribution in [0.1, 0.15) is 24.8 Å². The highest BCUT2D eigenvalue weighted by Crippen LogP contribution is 2.04. The number of nitrogens with one attached hydrogen (secondary N) is 2. The molecule has 1 aromatic rings. The zero-order valence-electron chi connectivity index (χ0n) is 18.3. The first-order chi connectivity index (χ1) is 15.7. The van der Waals surface area contributed by atoms with E-state index < -0.39 is 55.6 Å². The smallest absolute Gasteiger partial charge is 0.407 e. The quantitative estimate of drug-likeness (QED) is 0.206. The van der Waals surface area contributed by atoms with Gasteiger partial charge in [0.15, 0.2) is 0 Å². The Morgan fingerprint density at radius 3 is 2.18 bits per heavy atom. The Morgan fingerprint density at radius 2 is 1.61 bits per heavy atom. The van der Waals surface area contributed by atoms with Crippen molar-refractivity contribution in [1.82, 2.24) is 15.5 Å². The van der Waals surface area contributed by atoms with E-state index in [1.807, 2.05) is 30.3 Å². The molecular weight excluding hydrogens is 438 g/mol. The van der Waals surface area contributed by atoms with Gasteiger partial charge < -0.3 is 30.3 Å². The largest absolute Gasteiger partial charge is 0.480 e. The Kier molecular flexibility index (Phi) is 12.6. The third-order valence-corrected chi connectivity index (χ3v) is 4.31. The van der Waals surface area contributed by atoms with E-state index in [1.165, 1.54) is 0 Å². The highest BCUT2D eigenvalue weighted by Gasteiger charge is 2.23. The van der Waals surface area contributed by atoms with Crippen LogP contribution >= 0.6 is 0 Å². The fraction of sp³-hybridized carbons (Fsp3) is 0.476. The Hall–Kier alpha value is -3.67. The second-order valence-corrected chi connectivity index (χ2v) is 7.06. The summed E-state index contributed by atoms with van der Waals surface area (Å²) in [5.41, 5.74) is 0.856. The molecule has 12 nitrogen and oxygen atoms in total. The van der Waals surface area contributed by atoms with Crippen LogP contribution in [0.15, 0.2) is 30.3 Å². The number of methoxy groups -OCH3 is 1. The van der Waals surface area contributed by atoms with Gasteiger partial charge in [0, 0.05) is 6.54 Å². The molecule has 0 unspecified atom stereocenters. The summed E-state index contributed by atoms with van der Waals surface area (Å²) in [5.74, 6) is -3.98. The second kappa shape index (κ2) is 15.2. The number of nitrogens with zero attached hydrogens (tertiary/aromatic N) is 1. The van der Waals surface area contributed by atoms with Crippen molar-refractivity contribution in [2.75, 3.05) is 33.3 Å². The SMILES string of the molecule is COC(=O)[C@H](CCCCNC(=O)OCc1ccccc1)NC(=O)CN(CC(=O)O)CC(=O)O. The summed E-state index contributed by atoms with van der Waals surface area (Å²) in [7, 11) is 1.16. The number of esters is 1. The average Bonchev–Trinajstić information content (AvgIpc) is 2.75. The number of carboxylic acid groups (broad SMARTS) is 2. The van der Waals surface area contributed by atoms with Crippen molar-refractivity contribution in [1.29, 1.82) is 0 Å². The molecule has 2 amide bonds. The van der Waals surface area contributed by atoms with E-state index in [0.717, 1.165) is 17.6 Å². The number of unbranched alkanes of at least 4 members (excludes halogenated alkanes) is 1. The highest BCUT2D eigenvalue weighted by atomic mass is 16.5. The van der Waals surface area contributed by atoms with Crippen LogP contribution in [0.25, 0.3) is 0 Å². The van der Waals surface area contributed by atoms with Crippen molar-refractivity contribution in [2.45, 2.75) is 31.9 Å². The maximum atomic E-state index is 12.2. The molecule has 0 bridgehead atoms. The van der Waals surface area contributed by atoms with Gasteiger partial charge in [0.25, 0.3) is 0 Å². The number of benzene rings is 1. The minimum atomic E-state index is -1.29. The fourth-order valence-electron chi connectivity index (χ4n) is 2.82. The Labute approximate surface area is 190 Å². The number of aliphatic carboxylic acids is 2. The summed E-state index contributed by atoms with van der Waals surface area (Å²) in [4.78, 5) is 58.4. The van der Waals surface area contributed by atoms with Crippen molar-refractivity contribution in [3.05, 3.63) is 35.9 Å². The van der Waals surface area contributed by atoms with Crippen LogP contribution < -0.4 is 10.6 Å². The van der Waals surface area contributed by atoms with Gasteiger partial charge in [0.2, 0.25) is 5.91 Å². The van der Waals surface area contributed by atoms with Gasteiger partial charge in [-0.05, 0) is 24.8 Å². The van der Waals surface area contributed by atoms with E-state index in [9.17, 15) is 24.0 Å². The van der Waals surface area contributed by atoms with Crippen molar-refractivity contribution in [3.8, 4) is 0 Å². The lowest BCUT2D eigenvalue weighted by Crippen LogP contribution is -2.47. The monoisotopic (exact) mass is 467 g/mol. The van der Waals surface area contributed by atoms with Crippen LogP contribution in [0.4, 0.5) is 4.79 Å². The van der Waals surface area contributed by atoms with E-state index in [-0.39, 0.29) is 13.0 Å². The molecule has 0 aliphatic carbocycles. The molecule has 0 aliphatic rings. The summed E-state index contributed by atoms with van der Waals surface area (Å²) in [5, 5.41) is 22.7. The van der Waals surface area contributed by atoms with Gasteiger partial charge in [-0.15, -0.1) is 0 Å². The first-order valence-corrected chi connectivity index (χ1v) is 10.2. The predicted octanol–water partition coefficient (Wildman–Crippen LogP) is 0.212. The van der Waals surface area contributed by atoms with Crippen molar-refractivity contribution in [2.24, 2.45) is 0 Å². The lowest BCUT2D eigenvalue weighted by Gasteiger charge is -2.20. The van der Waals surface area contributed by atoms with Gasteiger partial charge in [0.05, 0.1) is 26.7 Å². The van der Waals surface area contributed by atoms with Gasteiger partial charge in [-0.3, -0.25) is 19.3 Å². The zero-order valence-corrected chi connectivity index (χ0v) is 18.3. The Bertz CT molecular complexity index is 785. The molecule has 0 spiro atoms. The minimum Gasteiger partial charge on any atom is -0.480 e. The number of carbonyl (C=O) groups excluding carboxylic acids is 3. The number of alkyl carbamates (subject to hydrolysis) is 1. The molecular formula is C21H29N3O9. The summed E-state index contributed by atoms with van der Waals surface area (Å²) < 4.78 is 9.76. The van der Waals surface area contributed by atoms with Gasteiger partial charge in [-0.25, -0.2) is 9.59 Å². The van der Waals surface area contributed by atoms with E-state index in [0.29, 0.717) is 19.4 Å². The second-order valence-electron chi connectivity index (χ2n) is 7.06. The number of hydrogen-bond donors (Lipinski definition) is 4. The molecule has 0 heterocycles. The molecule has 1 aromatic carbocycles. The molecule has 33 heavy (non-hydrogen) atoms. The van der Waals surface area contributed by atoms with Crippen LogP contribution in [0.3, 0.4) is 0 Å². The number of ether oxygens (including phenoxy) is 2. The summed E-state index contributed by atoms with van der Waals surface area (Å²) in [6.07, 6.45) is 0.575. The lowest BCUT2D eigenvalue weighted by atomic mass is 10.1. The summed E-state index contributed by atoms with van der Waals surface area (Å²) in [6.45, 7) is -1.37. The van der Waals surface area contributed by atoms with E-state index in [2.05, 4.69) is 15.4 Å². The van der Waals surface area contributed by atoms with Crippen molar-refractivity contribution >= 4 is 29.9 Å². The number of amides is 2. The molecule has 0 fully saturated rings. The van der Waals surface area contributed by atoms with Crippen LogP contribution in [-0.4, -0.2) is 84.4 Å². The predicted molar refractivity (Wildman–Crippen MR) is 114 cm³/mol. The van der Waals surface area contributed by atoms with E-state index >= 15 is 0 Å². The molecule has 0 aromatic heterocycles. The maximum Gasteiger partial charge on any atom is 0.407 e. The minimum absolute atomic E-state index is 0.143. The van der Waals surface area contributed by atoms with Crippen LogP contribution in [0.5, 0.6) is 0 Å². The molecule has 1 atom stereocenters. The fourth-order valence-corrected chi connectivity index (χ4v) is 2.82. The molecule has 0 saturated heterocycles. The molecule has 0 saturated carbocycles.